The van der Waals surface area contributed by atoms with Crippen molar-refractivity contribution in [3.8, 4) is 0 Å². The lowest BCUT2D eigenvalue weighted by Crippen LogP contribution is -2.54. The van der Waals surface area contributed by atoms with E-state index < -0.39 is 11.9 Å². The molecule has 1 aliphatic heterocycles. The zero-order valence-corrected chi connectivity index (χ0v) is 13.7. The van der Waals surface area contributed by atoms with Crippen molar-refractivity contribution in [2.45, 2.75) is 38.0 Å². The number of hydrogen-bond acceptors (Lipinski definition) is 5. The van der Waals surface area contributed by atoms with Crippen LogP contribution in [0.5, 0.6) is 0 Å². The number of morpholine rings is 1. The second kappa shape index (κ2) is 8.40. The van der Waals surface area contributed by atoms with Crippen LogP contribution in [0.25, 0.3) is 0 Å². The molecule has 1 aliphatic rings. The summed E-state index contributed by atoms with van der Waals surface area (Å²) in [6.07, 6.45) is 1.35. The second-order valence-corrected chi connectivity index (χ2v) is 5.88. The van der Waals surface area contributed by atoms with E-state index in [0.717, 1.165) is 12.0 Å². The molecule has 1 aromatic rings. The number of aldehydes is 1. The van der Waals surface area contributed by atoms with Crippen molar-refractivity contribution in [2.24, 2.45) is 0 Å². The number of amides is 1. The summed E-state index contributed by atoms with van der Waals surface area (Å²) in [5.41, 5.74) is 2.62. The fraction of sp³-hybridized carbons (Fsp3) is 0.500. The monoisotopic (exact) mass is 340 g/mol. The Balaban J connectivity index is 2.38. The van der Waals surface area contributed by atoms with Crippen LogP contribution in [0.15, 0.2) is 24.3 Å². The van der Waals surface area contributed by atoms with Gasteiger partial charge in [0.05, 0.1) is 24.8 Å². The van der Waals surface area contributed by atoms with Crippen molar-refractivity contribution in [1.29, 1.82) is 0 Å². The topological polar surface area (TPSA) is 78.9 Å². The zero-order valence-electron chi connectivity index (χ0n) is 12.9. The van der Waals surface area contributed by atoms with Gasteiger partial charge >= 0.3 is 0 Å². The minimum atomic E-state index is -0.740. The maximum atomic E-state index is 12.0. The van der Waals surface area contributed by atoms with Crippen LogP contribution in [0.1, 0.15) is 31.4 Å². The lowest BCUT2D eigenvalue weighted by molar-refractivity contribution is -0.145. The highest BCUT2D eigenvalue weighted by Crippen LogP contribution is 2.34. The predicted octanol–water partition coefficient (Wildman–Crippen LogP) is 1.95. The molecule has 1 fully saturated rings. The molecule has 2 rings (SSSR count). The average molecular weight is 341 g/mol. The molecule has 6 nitrogen and oxygen atoms in total. The third kappa shape index (κ3) is 4.09. The van der Waals surface area contributed by atoms with E-state index >= 15 is 0 Å². The lowest BCUT2D eigenvalue weighted by Gasteiger charge is -2.44. The van der Waals surface area contributed by atoms with Crippen LogP contribution >= 0.6 is 11.6 Å². The number of benzene rings is 1. The van der Waals surface area contributed by atoms with Crippen LogP contribution in [0, 0.1) is 0 Å². The van der Waals surface area contributed by atoms with Crippen molar-refractivity contribution < 1.29 is 19.5 Å². The molecule has 1 heterocycles. The molecular weight excluding hydrogens is 320 g/mol. The number of halogens is 1. The number of carbonyl (C=O) groups is 2. The zero-order chi connectivity index (χ0) is 16.8. The summed E-state index contributed by atoms with van der Waals surface area (Å²) in [6, 6.07) is 6.44. The van der Waals surface area contributed by atoms with Gasteiger partial charge in [-0.05, 0) is 24.1 Å². The molecule has 0 radical (unpaired) electrons. The van der Waals surface area contributed by atoms with Gasteiger partial charge in [-0.2, -0.15) is 0 Å². The molecule has 0 aliphatic carbocycles. The van der Waals surface area contributed by atoms with Gasteiger partial charge in [0.1, 0.15) is 6.29 Å². The van der Waals surface area contributed by atoms with Gasteiger partial charge in [-0.15, -0.1) is 0 Å². The summed E-state index contributed by atoms with van der Waals surface area (Å²) < 4.78 is 5.84. The number of rotatable bonds is 6. The van der Waals surface area contributed by atoms with E-state index in [4.69, 9.17) is 21.5 Å². The van der Waals surface area contributed by atoms with E-state index in [1.54, 1.807) is 17.6 Å². The third-order valence-corrected chi connectivity index (χ3v) is 4.39. The van der Waals surface area contributed by atoms with Gasteiger partial charge in [-0.25, -0.2) is 5.48 Å². The van der Waals surface area contributed by atoms with Crippen molar-refractivity contribution >= 4 is 23.8 Å². The maximum Gasteiger partial charge on any atom is 0.261 e. The van der Waals surface area contributed by atoms with Gasteiger partial charge in [-0.3, -0.25) is 14.9 Å². The molecule has 0 bridgehead atoms. The van der Waals surface area contributed by atoms with E-state index in [1.807, 2.05) is 24.0 Å². The Labute approximate surface area is 140 Å². The summed E-state index contributed by atoms with van der Waals surface area (Å²) in [6.45, 7) is 2.98. The van der Waals surface area contributed by atoms with Crippen LogP contribution in [-0.2, 0) is 14.3 Å². The van der Waals surface area contributed by atoms with Gasteiger partial charge in [0.15, 0.2) is 0 Å². The number of nitrogens with one attached hydrogen (secondary N) is 1. The Bertz CT molecular complexity index is 537. The van der Waals surface area contributed by atoms with Gasteiger partial charge in [0.25, 0.3) is 5.91 Å². The van der Waals surface area contributed by atoms with Gasteiger partial charge in [0.2, 0.25) is 0 Å². The molecular formula is C16H21ClN2O4. The van der Waals surface area contributed by atoms with Crippen LogP contribution in [0.2, 0.25) is 5.02 Å². The number of hydroxylamine groups is 1. The summed E-state index contributed by atoms with van der Waals surface area (Å²) in [4.78, 5) is 24.9. The second-order valence-electron chi connectivity index (χ2n) is 5.45. The number of carbonyl (C=O) groups excluding carboxylic acids is 2. The fourth-order valence-corrected chi connectivity index (χ4v) is 3.19. The first-order valence-electron chi connectivity index (χ1n) is 7.62. The number of ether oxygens (including phenoxy) is 1. The highest BCUT2D eigenvalue weighted by atomic mass is 35.5. The first kappa shape index (κ1) is 17.9. The molecule has 1 aromatic carbocycles. The Morgan fingerprint density at radius 3 is 2.78 bits per heavy atom. The molecule has 23 heavy (non-hydrogen) atoms. The standard InChI is InChI=1S/C16H21ClN2O4/c1-2-14-15(11-3-5-12(17)6-4-11)19(8-10-23-14)13(7-9-20)16(21)18-22/h3-6,9,13-15,22H,2,7-8,10H2,1H3,(H,18,21)/t13-,14?,15-/m0/s1. The van der Waals surface area contributed by atoms with Crippen LogP contribution in [0.4, 0.5) is 0 Å². The van der Waals surface area contributed by atoms with Gasteiger partial charge in [-0.1, -0.05) is 30.7 Å². The molecule has 2 N–H and O–H groups in total. The van der Waals surface area contributed by atoms with Crippen LogP contribution < -0.4 is 5.48 Å². The van der Waals surface area contributed by atoms with E-state index in [1.165, 1.54) is 0 Å². The largest absolute Gasteiger partial charge is 0.375 e. The fourth-order valence-electron chi connectivity index (χ4n) is 3.07. The average Bonchev–Trinajstić information content (AvgIpc) is 2.59. The van der Waals surface area contributed by atoms with Crippen molar-refractivity contribution in [2.75, 3.05) is 13.2 Å². The van der Waals surface area contributed by atoms with E-state index in [9.17, 15) is 9.59 Å². The van der Waals surface area contributed by atoms with Crippen LogP contribution in [-0.4, -0.2) is 47.6 Å². The smallest absolute Gasteiger partial charge is 0.261 e. The Morgan fingerprint density at radius 2 is 2.22 bits per heavy atom. The first-order valence-corrected chi connectivity index (χ1v) is 8.00. The Kier molecular flexibility index (Phi) is 6.53. The molecule has 3 atom stereocenters. The molecule has 1 saturated heterocycles. The number of hydrogen-bond donors (Lipinski definition) is 2. The molecule has 7 heteroatoms. The molecule has 0 saturated carbocycles. The molecule has 1 amide bonds. The van der Waals surface area contributed by atoms with Gasteiger partial charge in [0, 0.05) is 18.0 Å². The Hall–Kier alpha value is -1.47. The molecule has 1 unspecified atom stereocenters. The minimum absolute atomic E-state index is 0.00686. The van der Waals surface area contributed by atoms with E-state index in [-0.39, 0.29) is 18.6 Å². The van der Waals surface area contributed by atoms with Crippen molar-refractivity contribution in [3.05, 3.63) is 34.9 Å². The molecule has 126 valence electrons. The SMILES string of the molecule is CCC1OCCN([C@@H](CC=O)C(=O)NO)[C@H]1c1ccc(Cl)cc1. The number of nitrogens with zero attached hydrogens (tertiary/aromatic N) is 1. The highest BCUT2D eigenvalue weighted by Gasteiger charge is 2.39. The van der Waals surface area contributed by atoms with E-state index in [0.29, 0.717) is 24.5 Å². The van der Waals surface area contributed by atoms with Gasteiger partial charge < -0.3 is 9.53 Å². The quantitative estimate of drug-likeness (QED) is 0.470. The molecule has 0 spiro atoms. The molecule has 0 aromatic heterocycles. The predicted molar refractivity (Wildman–Crippen MR) is 85.3 cm³/mol. The summed E-state index contributed by atoms with van der Waals surface area (Å²) in [5.74, 6) is -0.590. The first-order chi connectivity index (χ1) is 11.1. The van der Waals surface area contributed by atoms with Crippen molar-refractivity contribution in [1.82, 2.24) is 10.4 Å². The normalized spacial score (nSPS) is 23.3. The highest BCUT2D eigenvalue weighted by molar-refractivity contribution is 6.30. The van der Waals surface area contributed by atoms with Crippen LogP contribution in [0.3, 0.4) is 0 Å². The summed E-state index contributed by atoms with van der Waals surface area (Å²) >= 11 is 5.95. The van der Waals surface area contributed by atoms with Crippen molar-refractivity contribution in [3.63, 3.8) is 0 Å². The maximum absolute atomic E-state index is 12.0. The summed E-state index contributed by atoms with van der Waals surface area (Å²) in [7, 11) is 0. The summed E-state index contributed by atoms with van der Waals surface area (Å²) in [5, 5.41) is 9.62. The van der Waals surface area contributed by atoms with E-state index in [2.05, 4.69) is 0 Å². The lowest BCUT2D eigenvalue weighted by atomic mass is 9.94. The third-order valence-electron chi connectivity index (χ3n) is 4.14. The Morgan fingerprint density at radius 1 is 1.52 bits per heavy atom. The minimum Gasteiger partial charge on any atom is -0.375 e.